The van der Waals surface area contributed by atoms with Gasteiger partial charge in [-0.15, -0.1) is 34.5 Å². The molecular weight excluding hydrogens is 519 g/mol. The van der Waals surface area contributed by atoms with Gasteiger partial charge >= 0.3 is 37.9 Å². The molecule has 0 amide bonds. The summed E-state index contributed by atoms with van der Waals surface area (Å²) in [7, 11) is 7.11. The minimum atomic E-state index is -1.38. The summed E-state index contributed by atoms with van der Waals surface area (Å²) in [6.07, 6.45) is 2.37. The maximum atomic E-state index is 4.93. The molecule has 3 rings (SSSR count). The molecule has 0 unspecified atom stereocenters. The van der Waals surface area contributed by atoms with Gasteiger partial charge in [-0.1, -0.05) is 92.3 Å². The average molecular weight is 554 g/mol. The van der Waals surface area contributed by atoms with Crippen LogP contribution in [0.1, 0.15) is 24.5 Å². The van der Waals surface area contributed by atoms with Crippen LogP contribution in [0.2, 0.25) is 39.3 Å². The van der Waals surface area contributed by atoms with Gasteiger partial charge in [0.15, 0.2) is 0 Å². The van der Waals surface area contributed by atoms with Crippen molar-refractivity contribution in [2.75, 3.05) is 0 Å². The second-order valence-electron chi connectivity index (χ2n) is 10.2. The van der Waals surface area contributed by atoms with Gasteiger partial charge in [0, 0.05) is 0 Å². The van der Waals surface area contributed by atoms with E-state index in [4.69, 9.17) is 17.0 Å². The third kappa shape index (κ3) is 6.48. The van der Waals surface area contributed by atoms with Crippen molar-refractivity contribution < 1.29 is 20.8 Å². The fourth-order valence-corrected chi connectivity index (χ4v) is 6.41. The Balaban J connectivity index is 0.00000101. The first-order valence-corrected chi connectivity index (χ1v) is 24.1. The molecule has 0 saturated heterocycles. The standard InChI is InChI=1S/C25H35Si2.2ClH.Zr/c1-9-10-19-13-20-12-11-18(2)25(24(20)14-19)21-15-22(26(3,4)5)17-23(16-21)27(6,7)8;;;/h11-17H,9-10H2,1-8H3;2*1H;/q-1;;;+2/p-2. The van der Waals surface area contributed by atoms with Crippen LogP contribution >= 0.6 is 17.0 Å². The van der Waals surface area contributed by atoms with Crippen LogP contribution in [0.5, 0.6) is 0 Å². The molecular formula is C25H35Cl2Si2Zr-. The van der Waals surface area contributed by atoms with Crippen LogP contribution in [0.25, 0.3) is 21.9 Å². The first kappa shape index (κ1) is 26.2. The molecule has 5 heteroatoms. The normalized spacial score (nSPS) is 11.9. The van der Waals surface area contributed by atoms with Crippen molar-refractivity contribution in [3.8, 4) is 11.1 Å². The molecule has 3 aromatic rings. The van der Waals surface area contributed by atoms with Crippen LogP contribution < -0.4 is 10.4 Å². The van der Waals surface area contributed by atoms with Gasteiger partial charge in [0.05, 0.1) is 16.1 Å². The van der Waals surface area contributed by atoms with E-state index in [9.17, 15) is 0 Å². The quantitative estimate of drug-likeness (QED) is 0.222. The first-order chi connectivity index (χ1) is 13.9. The molecule has 0 saturated carbocycles. The number of halogens is 2. The molecule has 0 spiro atoms. The zero-order valence-electron chi connectivity index (χ0n) is 19.7. The van der Waals surface area contributed by atoms with Gasteiger partial charge in [-0.25, -0.2) is 0 Å². The number of hydrogen-bond donors (Lipinski definition) is 0. The van der Waals surface area contributed by atoms with Crippen LogP contribution in [-0.4, -0.2) is 16.1 Å². The molecule has 0 fully saturated rings. The molecule has 0 aliphatic rings. The Kier molecular flexibility index (Phi) is 9.35. The van der Waals surface area contributed by atoms with E-state index in [1.807, 2.05) is 0 Å². The van der Waals surface area contributed by atoms with E-state index < -0.39 is 37.0 Å². The second kappa shape index (κ2) is 10.7. The summed E-state index contributed by atoms with van der Waals surface area (Å²) in [6.45, 7) is 19.3. The van der Waals surface area contributed by atoms with Crippen LogP contribution in [0.15, 0.2) is 42.5 Å². The second-order valence-corrected chi connectivity index (χ2v) is 24.1. The molecule has 0 aliphatic carbocycles. The number of fused-ring (bicyclic) bond motifs is 1. The van der Waals surface area contributed by atoms with Crippen LogP contribution in [0.3, 0.4) is 0 Å². The van der Waals surface area contributed by atoms with E-state index in [1.54, 1.807) is 10.4 Å². The zero-order chi connectivity index (χ0) is 22.7. The molecule has 0 N–H and O–H groups in total. The monoisotopic (exact) mass is 551 g/mol. The van der Waals surface area contributed by atoms with E-state index in [-0.39, 0.29) is 0 Å². The van der Waals surface area contributed by atoms with Crippen molar-refractivity contribution in [1.29, 1.82) is 0 Å². The average Bonchev–Trinajstić information content (AvgIpc) is 3.03. The third-order valence-corrected chi connectivity index (χ3v) is 9.69. The minimum absolute atomic E-state index is 0.826. The molecule has 0 atom stereocenters. The molecule has 0 aromatic heterocycles. The Morgan fingerprint density at radius 2 is 1.40 bits per heavy atom. The van der Waals surface area contributed by atoms with Gasteiger partial charge in [0.25, 0.3) is 0 Å². The van der Waals surface area contributed by atoms with Crippen molar-refractivity contribution >= 4 is 54.3 Å². The Hall–Kier alpha value is -0.0531. The number of aryl methyl sites for hydroxylation is 2. The first-order valence-electron chi connectivity index (χ1n) is 10.7. The van der Waals surface area contributed by atoms with Crippen LogP contribution in [-0.2, 0) is 27.3 Å². The van der Waals surface area contributed by atoms with E-state index in [0.29, 0.717) is 0 Å². The van der Waals surface area contributed by atoms with E-state index in [2.05, 4.69) is 95.6 Å². The number of hydrogen-bond acceptors (Lipinski definition) is 0. The Morgan fingerprint density at radius 3 is 1.87 bits per heavy atom. The van der Waals surface area contributed by atoms with Crippen molar-refractivity contribution in [1.82, 2.24) is 0 Å². The van der Waals surface area contributed by atoms with Crippen molar-refractivity contribution in [3.05, 3.63) is 53.6 Å². The van der Waals surface area contributed by atoms with Gasteiger partial charge in [0.1, 0.15) is 0 Å². The SMILES string of the molecule is CCCc1cc2c(-c3cc([Si](C)(C)C)cc([Si](C)(C)C)c3)c(C)ccc2[cH-]1.[Cl][Zr][Cl]. The summed E-state index contributed by atoms with van der Waals surface area (Å²) in [4.78, 5) is 0. The Morgan fingerprint density at radius 1 is 0.867 bits per heavy atom. The molecule has 0 heterocycles. The maximum absolute atomic E-state index is 4.93. The van der Waals surface area contributed by atoms with Crippen LogP contribution in [0, 0.1) is 6.92 Å². The van der Waals surface area contributed by atoms with E-state index in [1.165, 1.54) is 45.9 Å². The van der Waals surface area contributed by atoms with Crippen LogP contribution in [0.4, 0.5) is 0 Å². The van der Waals surface area contributed by atoms with Crippen molar-refractivity contribution in [2.24, 2.45) is 0 Å². The molecule has 3 aromatic carbocycles. The zero-order valence-corrected chi connectivity index (χ0v) is 25.7. The predicted molar refractivity (Wildman–Crippen MR) is 141 cm³/mol. The van der Waals surface area contributed by atoms with Gasteiger partial charge in [-0.3, -0.25) is 0 Å². The molecule has 0 aliphatic heterocycles. The van der Waals surface area contributed by atoms with E-state index in [0.717, 1.165) is 0 Å². The van der Waals surface area contributed by atoms with Gasteiger partial charge in [-0.2, -0.15) is 6.07 Å². The Labute approximate surface area is 204 Å². The fourth-order valence-electron chi connectivity index (χ4n) is 3.91. The molecule has 0 nitrogen and oxygen atoms in total. The molecule has 0 bridgehead atoms. The van der Waals surface area contributed by atoms with Gasteiger partial charge in [-0.05, 0) is 18.9 Å². The summed E-state index contributed by atoms with van der Waals surface area (Å²) in [5, 5.41) is 6.02. The third-order valence-electron chi connectivity index (χ3n) is 5.65. The molecule has 0 radical (unpaired) electrons. The number of benzene rings is 2. The topological polar surface area (TPSA) is 0 Å². The summed E-state index contributed by atoms with van der Waals surface area (Å²) in [6, 6.07) is 17.0. The van der Waals surface area contributed by atoms with Crippen molar-refractivity contribution in [2.45, 2.75) is 66.0 Å². The van der Waals surface area contributed by atoms with E-state index >= 15 is 0 Å². The summed E-state index contributed by atoms with van der Waals surface area (Å²) < 4.78 is 0. The van der Waals surface area contributed by atoms with Gasteiger partial charge < -0.3 is 0 Å². The van der Waals surface area contributed by atoms with Crippen molar-refractivity contribution in [3.63, 3.8) is 0 Å². The number of rotatable bonds is 5. The fraction of sp³-hybridized carbons (Fsp3) is 0.400. The predicted octanol–water partition coefficient (Wildman–Crippen LogP) is 7.95. The summed E-state index contributed by atoms with van der Waals surface area (Å²) in [5.74, 6) is 0. The molecule has 162 valence electrons. The molecule has 30 heavy (non-hydrogen) atoms. The van der Waals surface area contributed by atoms with Gasteiger partial charge in [0.2, 0.25) is 0 Å². The summed E-state index contributed by atoms with van der Waals surface area (Å²) >= 11 is -0.826. The Bertz CT molecular complexity index is 963. The summed E-state index contributed by atoms with van der Waals surface area (Å²) in [5.41, 5.74) is 5.76.